The SMILES string of the molecule is CC(CCCC(F)(F)F)NC1CCCCC1C. The first-order valence-electron chi connectivity index (χ1n) is 6.71. The van der Waals surface area contributed by atoms with Gasteiger partial charge in [-0.3, -0.25) is 0 Å². The first kappa shape index (κ1) is 14.8. The third kappa shape index (κ3) is 6.29. The summed E-state index contributed by atoms with van der Waals surface area (Å²) in [5.74, 6) is 0.661. The van der Waals surface area contributed by atoms with Crippen molar-refractivity contribution in [1.82, 2.24) is 5.32 Å². The van der Waals surface area contributed by atoms with Crippen LogP contribution < -0.4 is 5.32 Å². The summed E-state index contributed by atoms with van der Waals surface area (Å²) >= 11 is 0. The van der Waals surface area contributed by atoms with E-state index in [1.165, 1.54) is 25.7 Å². The summed E-state index contributed by atoms with van der Waals surface area (Å²) in [5.41, 5.74) is 0. The van der Waals surface area contributed by atoms with Gasteiger partial charge in [-0.15, -0.1) is 0 Å². The molecule has 4 heteroatoms. The molecule has 17 heavy (non-hydrogen) atoms. The zero-order valence-corrected chi connectivity index (χ0v) is 10.8. The molecule has 0 amide bonds. The Bertz CT molecular complexity index is 215. The van der Waals surface area contributed by atoms with Gasteiger partial charge in [-0.1, -0.05) is 19.8 Å². The molecule has 0 saturated heterocycles. The van der Waals surface area contributed by atoms with E-state index < -0.39 is 12.6 Å². The lowest BCUT2D eigenvalue weighted by atomic mass is 9.85. The average Bonchev–Trinajstić information content (AvgIpc) is 2.19. The van der Waals surface area contributed by atoms with E-state index in [2.05, 4.69) is 12.2 Å². The molecule has 0 spiro atoms. The summed E-state index contributed by atoms with van der Waals surface area (Å²) < 4.78 is 36.0. The molecule has 0 aromatic rings. The number of rotatable bonds is 5. The Labute approximate surface area is 102 Å². The van der Waals surface area contributed by atoms with Gasteiger partial charge in [0.2, 0.25) is 0 Å². The van der Waals surface area contributed by atoms with Gasteiger partial charge >= 0.3 is 6.18 Å². The number of hydrogen-bond acceptors (Lipinski definition) is 1. The highest BCUT2D eigenvalue weighted by Crippen LogP contribution is 2.25. The summed E-state index contributed by atoms with van der Waals surface area (Å²) in [6.45, 7) is 4.23. The molecule has 1 aliphatic carbocycles. The van der Waals surface area contributed by atoms with Crippen molar-refractivity contribution in [3.05, 3.63) is 0 Å². The summed E-state index contributed by atoms with van der Waals surface area (Å²) in [7, 11) is 0. The summed E-state index contributed by atoms with van der Waals surface area (Å²) in [6, 6.07) is 0.701. The Kier molecular flexibility index (Phi) is 5.77. The van der Waals surface area contributed by atoms with Crippen LogP contribution in [0, 0.1) is 5.92 Å². The van der Waals surface area contributed by atoms with Crippen LogP contribution in [0.5, 0.6) is 0 Å². The molecule has 1 N–H and O–H groups in total. The largest absolute Gasteiger partial charge is 0.389 e. The quantitative estimate of drug-likeness (QED) is 0.769. The van der Waals surface area contributed by atoms with Crippen LogP contribution in [0.1, 0.15) is 58.8 Å². The van der Waals surface area contributed by atoms with Crippen molar-refractivity contribution in [2.75, 3.05) is 0 Å². The van der Waals surface area contributed by atoms with Crippen LogP contribution >= 0.6 is 0 Å². The van der Waals surface area contributed by atoms with E-state index >= 15 is 0 Å². The van der Waals surface area contributed by atoms with Crippen LogP contribution in [0.2, 0.25) is 0 Å². The van der Waals surface area contributed by atoms with Gasteiger partial charge in [0.05, 0.1) is 0 Å². The van der Waals surface area contributed by atoms with E-state index in [1.54, 1.807) is 0 Å². The molecule has 0 aromatic heterocycles. The second-order valence-corrected chi connectivity index (χ2v) is 5.44. The van der Waals surface area contributed by atoms with Crippen molar-refractivity contribution in [2.45, 2.75) is 77.1 Å². The molecule has 1 fully saturated rings. The zero-order valence-electron chi connectivity index (χ0n) is 10.8. The summed E-state index contributed by atoms with van der Waals surface area (Å²) in [6.07, 6.45) is 1.15. The molecule has 1 nitrogen and oxygen atoms in total. The fraction of sp³-hybridized carbons (Fsp3) is 1.00. The van der Waals surface area contributed by atoms with Crippen LogP contribution in [-0.2, 0) is 0 Å². The van der Waals surface area contributed by atoms with Gasteiger partial charge in [0.1, 0.15) is 0 Å². The van der Waals surface area contributed by atoms with Crippen molar-refractivity contribution < 1.29 is 13.2 Å². The van der Waals surface area contributed by atoms with Crippen molar-refractivity contribution >= 4 is 0 Å². The van der Waals surface area contributed by atoms with Crippen LogP contribution in [0.25, 0.3) is 0 Å². The van der Waals surface area contributed by atoms with E-state index in [4.69, 9.17) is 0 Å². The lowest BCUT2D eigenvalue weighted by molar-refractivity contribution is -0.135. The zero-order chi connectivity index (χ0) is 12.9. The maximum atomic E-state index is 12.0. The highest BCUT2D eigenvalue weighted by atomic mass is 19.4. The minimum atomic E-state index is -4.00. The maximum absolute atomic E-state index is 12.0. The highest BCUT2D eigenvalue weighted by Gasteiger charge is 2.27. The number of nitrogens with one attached hydrogen (secondary N) is 1. The van der Waals surface area contributed by atoms with Gasteiger partial charge < -0.3 is 5.32 Å². The fourth-order valence-electron chi connectivity index (χ4n) is 2.62. The standard InChI is InChI=1S/C13H24F3N/c1-10-6-3-4-8-12(10)17-11(2)7-5-9-13(14,15)16/h10-12,17H,3-9H2,1-2H3. The van der Waals surface area contributed by atoms with Crippen LogP contribution in [-0.4, -0.2) is 18.3 Å². The first-order chi connectivity index (χ1) is 7.88. The molecule has 1 saturated carbocycles. The van der Waals surface area contributed by atoms with Crippen molar-refractivity contribution in [3.63, 3.8) is 0 Å². The van der Waals surface area contributed by atoms with E-state index in [1.807, 2.05) is 6.92 Å². The second-order valence-electron chi connectivity index (χ2n) is 5.44. The maximum Gasteiger partial charge on any atom is 0.389 e. The first-order valence-corrected chi connectivity index (χ1v) is 6.71. The predicted molar refractivity (Wildman–Crippen MR) is 63.9 cm³/mol. The van der Waals surface area contributed by atoms with Gasteiger partial charge in [0, 0.05) is 18.5 Å². The van der Waals surface area contributed by atoms with Gasteiger partial charge in [0.15, 0.2) is 0 Å². The van der Waals surface area contributed by atoms with E-state index in [0.29, 0.717) is 18.4 Å². The lowest BCUT2D eigenvalue weighted by Gasteiger charge is -2.32. The molecule has 0 aromatic carbocycles. The number of hydrogen-bond donors (Lipinski definition) is 1. The molecule has 0 bridgehead atoms. The Morgan fingerprint density at radius 1 is 1.24 bits per heavy atom. The minimum absolute atomic E-state index is 0.197. The van der Waals surface area contributed by atoms with E-state index in [0.717, 1.165) is 0 Å². The highest BCUT2D eigenvalue weighted by molar-refractivity contribution is 4.80. The predicted octanol–water partition coefficient (Wildman–Crippen LogP) is 4.28. The fourth-order valence-corrected chi connectivity index (χ4v) is 2.62. The Hall–Kier alpha value is -0.250. The van der Waals surface area contributed by atoms with Crippen molar-refractivity contribution in [3.8, 4) is 0 Å². The van der Waals surface area contributed by atoms with Crippen LogP contribution in [0.4, 0.5) is 13.2 Å². The van der Waals surface area contributed by atoms with Crippen molar-refractivity contribution in [1.29, 1.82) is 0 Å². The lowest BCUT2D eigenvalue weighted by Crippen LogP contribution is -2.42. The second kappa shape index (κ2) is 6.62. The molecule has 3 atom stereocenters. The molecular weight excluding hydrogens is 227 g/mol. The molecule has 102 valence electrons. The third-order valence-corrected chi connectivity index (χ3v) is 3.71. The van der Waals surface area contributed by atoms with E-state index in [-0.39, 0.29) is 12.5 Å². The molecule has 1 aliphatic rings. The van der Waals surface area contributed by atoms with Gasteiger partial charge in [-0.25, -0.2) is 0 Å². The average molecular weight is 251 g/mol. The van der Waals surface area contributed by atoms with Gasteiger partial charge in [-0.2, -0.15) is 13.2 Å². The Balaban J connectivity index is 2.17. The number of halogens is 3. The smallest absolute Gasteiger partial charge is 0.311 e. The Morgan fingerprint density at radius 3 is 2.47 bits per heavy atom. The Morgan fingerprint density at radius 2 is 1.88 bits per heavy atom. The third-order valence-electron chi connectivity index (χ3n) is 3.71. The molecule has 0 aliphatic heterocycles. The molecular formula is C13H24F3N. The van der Waals surface area contributed by atoms with Gasteiger partial charge in [-0.05, 0) is 38.5 Å². The number of alkyl halides is 3. The van der Waals surface area contributed by atoms with Gasteiger partial charge in [0.25, 0.3) is 0 Å². The normalized spacial score (nSPS) is 28.1. The van der Waals surface area contributed by atoms with E-state index in [9.17, 15) is 13.2 Å². The van der Waals surface area contributed by atoms with Crippen molar-refractivity contribution in [2.24, 2.45) is 5.92 Å². The minimum Gasteiger partial charge on any atom is -0.311 e. The summed E-state index contributed by atoms with van der Waals surface area (Å²) in [5, 5.41) is 3.49. The van der Waals surface area contributed by atoms with Crippen LogP contribution in [0.15, 0.2) is 0 Å². The summed E-state index contributed by atoms with van der Waals surface area (Å²) in [4.78, 5) is 0. The topological polar surface area (TPSA) is 12.0 Å². The van der Waals surface area contributed by atoms with Crippen LogP contribution in [0.3, 0.4) is 0 Å². The molecule has 3 unspecified atom stereocenters. The molecule has 1 rings (SSSR count). The monoisotopic (exact) mass is 251 g/mol. The molecule has 0 radical (unpaired) electrons. The molecule has 0 heterocycles.